The van der Waals surface area contributed by atoms with Crippen LogP contribution in [-0.2, 0) is 20.0 Å². The molecule has 0 unspecified atom stereocenters. The third-order valence-electron chi connectivity index (χ3n) is 10.6. The Balaban J connectivity index is 0.000000199. The Morgan fingerprint density at radius 3 is 1.42 bits per heavy atom. The summed E-state index contributed by atoms with van der Waals surface area (Å²) in [5, 5.41) is 34.1. The lowest BCUT2D eigenvalue weighted by Gasteiger charge is -2.32. The first-order chi connectivity index (χ1) is 31.6. The normalized spacial score (nSPS) is 14.2. The maximum absolute atomic E-state index is 12.5. The lowest BCUT2D eigenvalue weighted by molar-refractivity contribution is 0.173. The highest BCUT2D eigenvalue weighted by Crippen LogP contribution is 2.44. The molecule has 20 nitrogen and oxygen atoms in total. The van der Waals surface area contributed by atoms with Crippen molar-refractivity contribution in [2.24, 2.45) is 10.8 Å². The summed E-state index contributed by atoms with van der Waals surface area (Å²) in [5.74, 6) is 3.67. The molecule has 0 saturated carbocycles. The lowest BCUT2D eigenvalue weighted by atomic mass is 9.82. The van der Waals surface area contributed by atoms with Crippen molar-refractivity contribution in [2.75, 3.05) is 56.0 Å². The molecule has 0 radical (unpaired) electrons. The number of fused-ring (bicyclic) bond motifs is 2. The number of rotatable bonds is 14. The Labute approximate surface area is 397 Å². The van der Waals surface area contributed by atoms with E-state index in [-0.39, 0.29) is 57.7 Å². The fraction of sp³-hybridized carbons (Fsp3) is 0.349. The van der Waals surface area contributed by atoms with Crippen LogP contribution in [0.4, 0.5) is 34.6 Å². The van der Waals surface area contributed by atoms with E-state index in [0.717, 1.165) is 38.9 Å². The quantitative estimate of drug-likeness (QED) is 0.0510. The van der Waals surface area contributed by atoms with Crippen molar-refractivity contribution in [1.82, 2.24) is 26.5 Å². The number of aromatic hydroxyl groups is 2. The van der Waals surface area contributed by atoms with Gasteiger partial charge in [-0.3, -0.25) is 0 Å². The average molecular weight is 997 g/mol. The van der Waals surface area contributed by atoms with Crippen LogP contribution in [0.15, 0.2) is 82.6 Å². The van der Waals surface area contributed by atoms with Crippen molar-refractivity contribution in [3.63, 3.8) is 0 Å². The molecule has 67 heavy (non-hydrogen) atoms. The Bertz CT molecular complexity index is 2970. The number of ether oxygens (including phenoxy) is 4. The zero-order chi connectivity index (χ0) is 48.5. The number of anilines is 6. The molecule has 2 aliphatic heterocycles. The second kappa shape index (κ2) is 19.2. The Kier molecular flexibility index (Phi) is 14.0. The van der Waals surface area contributed by atoms with Gasteiger partial charge in [-0.05, 0) is 77.5 Å². The molecule has 8 rings (SSSR count). The van der Waals surface area contributed by atoms with Crippen molar-refractivity contribution < 1.29 is 46.0 Å². The number of phenolic OH excluding ortho intramolecular Hbond substituents is 2. The van der Waals surface area contributed by atoms with E-state index in [0.29, 0.717) is 46.3 Å². The van der Waals surface area contributed by atoms with Gasteiger partial charge in [0.15, 0.2) is 57.8 Å². The number of nitrogens with one attached hydrogen (secondary N) is 5. The first-order valence-electron chi connectivity index (χ1n) is 20.6. The minimum Gasteiger partial charge on any atom is -0.504 e. The van der Waals surface area contributed by atoms with E-state index >= 15 is 0 Å². The van der Waals surface area contributed by atoms with Gasteiger partial charge in [-0.1, -0.05) is 65.8 Å². The number of phenols is 2. The third kappa shape index (κ3) is 10.7. The van der Waals surface area contributed by atoms with Crippen LogP contribution >= 0.6 is 23.5 Å². The lowest BCUT2D eigenvalue weighted by Crippen LogP contribution is -2.26. The Hall–Kier alpha value is -6.18. The summed E-state index contributed by atoms with van der Waals surface area (Å²) in [6.07, 6.45) is 0. The molecule has 0 saturated heterocycles. The molecule has 4 aromatic carbocycles. The summed E-state index contributed by atoms with van der Waals surface area (Å²) in [6, 6.07) is 20.2. The summed E-state index contributed by atoms with van der Waals surface area (Å²) in [5.41, 5.74) is 1.94. The molecule has 0 aliphatic carbocycles. The van der Waals surface area contributed by atoms with Crippen LogP contribution in [0.1, 0.15) is 64.8 Å². The van der Waals surface area contributed by atoms with E-state index in [9.17, 15) is 27.0 Å². The first kappa shape index (κ1) is 48.7. The van der Waals surface area contributed by atoms with Crippen molar-refractivity contribution >= 4 is 78.1 Å². The average Bonchev–Trinajstić information content (AvgIpc) is 4.11. The van der Waals surface area contributed by atoms with Crippen LogP contribution in [0.2, 0.25) is 0 Å². The van der Waals surface area contributed by atoms with Crippen molar-refractivity contribution in [1.29, 1.82) is 0 Å². The Morgan fingerprint density at radius 2 is 1.00 bits per heavy atom. The van der Waals surface area contributed by atoms with Gasteiger partial charge in [0.25, 0.3) is 0 Å². The fourth-order valence-corrected chi connectivity index (χ4v) is 9.81. The fourth-order valence-electron chi connectivity index (χ4n) is 7.02. The number of benzene rings is 4. The van der Waals surface area contributed by atoms with Gasteiger partial charge < -0.3 is 50.4 Å². The molecule has 2 atom stereocenters. The van der Waals surface area contributed by atoms with Gasteiger partial charge in [-0.25, -0.2) is 25.9 Å². The maximum Gasteiger partial charge on any atom is 0.246 e. The SMILES string of the molecule is CN(C)S(=O)(=O)c1cccc(Nc2nsnc2N[C@@H](c2ccc3c(c2)OCO3)C(C)(C)C)c1O.CNS(=O)(=O)c1cccc(Nc2nsnc2N[C@@H](c2ccc3c(c2)OCO3)C(C)(C)C)c1O. The summed E-state index contributed by atoms with van der Waals surface area (Å²) < 4.78 is 92.0. The highest BCUT2D eigenvalue weighted by molar-refractivity contribution is 7.89. The zero-order valence-corrected chi connectivity index (χ0v) is 41.3. The predicted molar refractivity (Wildman–Crippen MR) is 256 cm³/mol. The highest BCUT2D eigenvalue weighted by atomic mass is 32.2. The first-order valence-corrected chi connectivity index (χ1v) is 25.0. The Morgan fingerprint density at radius 1 is 0.597 bits per heavy atom. The van der Waals surface area contributed by atoms with Gasteiger partial charge in [0.1, 0.15) is 9.79 Å². The molecule has 0 fully saturated rings. The van der Waals surface area contributed by atoms with Crippen molar-refractivity contribution in [3.8, 4) is 34.5 Å². The second-order valence-corrected chi connectivity index (χ2v) is 22.6. The predicted octanol–water partition coefficient (Wildman–Crippen LogP) is 7.99. The standard InChI is InChI=1S/C22H27N5O5S2.C21H25N5O5S2/c1-22(2,3)19(13-9-10-15-16(11-13)32-12-31-15)24-21-20(25-33-26-21)23-14-7-6-8-17(18(14)28)34(29,30)27(4)5;1-21(2,3)18(12-8-9-14-15(10-12)31-11-30-14)24-20-19(25-32-26-20)23-13-6-5-7-16(17(13)27)33(28,29)22-4/h6-11,19,28H,12H2,1-5H3,(H,23,25)(H,24,26);5-10,18,22,27H,11H2,1-4H3,(H,23,25)(H,24,26)/t19-;18-/m00/s1. The number of hydrogen-bond acceptors (Lipinski definition) is 20. The number of sulfonamides is 2. The van der Waals surface area contributed by atoms with E-state index < -0.39 is 31.5 Å². The van der Waals surface area contributed by atoms with Crippen LogP contribution in [0.25, 0.3) is 0 Å². The van der Waals surface area contributed by atoms with Crippen LogP contribution in [0.5, 0.6) is 34.5 Å². The van der Waals surface area contributed by atoms with Gasteiger partial charge in [-0.2, -0.15) is 17.5 Å². The summed E-state index contributed by atoms with van der Waals surface area (Å²) in [7, 11) is -3.56. The molecule has 7 N–H and O–H groups in total. The monoisotopic (exact) mass is 996 g/mol. The molecule has 2 aromatic heterocycles. The summed E-state index contributed by atoms with van der Waals surface area (Å²) >= 11 is 1.99. The van der Waals surface area contributed by atoms with Gasteiger partial charge in [0.05, 0.1) is 46.9 Å². The number of nitrogens with zero attached hydrogens (tertiary/aromatic N) is 5. The van der Waals surface area contributed by atoms with Crippen LogP contribution in [-0.4, -0.2) is 83.6 Å². The van der Waals surface area contributed by atoms with E-state index in [1.165, 1.54) is 39.3 Å². The van der Waals surface area contributed by atoms with Crippen molar-refractivity contribution in [3.05, 3.63) is 83.9 Å². The topological polar surface area (TPSA) is 261 Å². The summed E-state index contributed by atoms with van der Waals surface area (Å²) in [4.78, 5) is -0.436. The minimum absolute atomic E-state index is 0.166. The van der Waals surface area contributed by atoms with Gasteiger partial charge in [0.2, 0.25) is 33.6 Å². The van der Waals surface area contributed by atoms with E-state index in [2.05, 4.69) is 85.0 Å². The summed E-state index contributed by atoms with van der Waals surface area (Å²) in [6.45, 7) is 13.0. The van der Waals surface area contributed by atoms with Crippen LogP contribution in [0, 0.1) is 10.8 Å². The maximum atomic E-state index is 12.5. The number of hydrogen-bond donors (Lipinski definition) is 7. The molecule has 0 amide bonds. The number of aromatic nitrogens is 4. The molecule has 4 heterocycles. The van der Waals surface area contributed by atoms with Gasteiger partial charge in [-0.15, -0.1) is 0 Å². The minimum atomic E-state index is -3.83. The number of para-hydroxylation sites is 2. The molecule has 0 spiro atoms. The molecule has 6 aromatic rings. The van der Waals surface area contributed by atoms with Gasteiger partial charge >= 0.3 is 0 Å². The second-order valence-electron chi connectivity index (χ2n) is 17.6. The largest absolute Gasteiger partial charge is 0.504 e. The molecule has 0 bridgehead atoms. The van der Waals surface area contributed by atoms with Crippen molar-refractivity contribution in [2.45, 2.75) is 63.4 Å². The molecular formula is C43H52N10O10S4. The molecule has 24 heteroatoms. The van der Waals surface area contributed by atoms with Gasteiger partial charge in [0, 0.05) is 14.1 Å². The molecular weight excluding hydrogens is 945 g/mol. The van der Waals surface area contributed by atoms with E-state index in [4.69, 9.17) is 18.9 Å². The highest BCUT2D eigenvalue weighted by Gasteiger charge is 2.32. The van der Waals surface area contributed by atoms with E-state index in [1.807, 2.05) is 36.4 Å². The molecule has 358 valence electrons. The van der Waals surface area contributed by atoms with Crippen LogP contribution < -0.4 is 44.9 Å². The smallest absolute Gasteiger partial charge is 0.246 e. The van der Waals surface area contributed by atoms with E-state index in [1.54, 1.807) is 18.2 Å². The zero-order valence-electron chi connectivity index (χ0n) is 38.0. The van der Waals surface area contributed by atoms with Crippen LogP contribution in [0.3, 0.4) is 0 Å². The molecule has 2 aliphatic rings. The third-order valence-corrected chi connectivity index (χ3v) is 14.9.